The van der Waals surface area contributed by atoms with Gasteiger partial charge in [-0.3, -0.25) is 4.98 Å². The van der Waals surface area contributed by atoms with Crippen molar-refractivity contribution in [2.75, 3.05) is 24.3 Å². The molecule has 0 saturated heterocycles. The lowest BCUT2D eigenvalue weighted by Crippen LogP contribution is -2.37. The lowest BCUT2D eigenvalue weighted by Gasteiger charge is -2.22. The summed E-state index contributed by atoms with van der Waals surface area (Å²) in [5.74, 6) is 1.34. The molecule has 11 nitrogen and oxygen atoms in total. The number of rotatable bonds is 10. The largest absolute Gasteiger partial charge is 0.453 e. The zero-order valence-electron chi connectivity index (χ0n) is 22.8. The quantitative estimate of drug-likeness (QED) is 0.251. The highest BCUT2D eigenvalue weighted by molar-refractivity contribution is 7.21. The third-order valence-electron chi connectivity index (χ3n) is 7.68. The lowest BCUT2D eigenvalue weighted by atomic mass is 10.1. The number of thiazole rings is 1. The highest BCUT2D eigenvalue weighted by atomic mass is 32.1. The predicted molar refractivity (Wildman–Crippen MR) is 151 cm³/mol. The molecule has 5 atom stereocenters. The number of nitrogens with one attached hydrogen (secondary N) is 3. The Kier molecular flexibility index (Phi) is 8.15. The van der Waals surface area contributed by atoms with E-state index < -0.39 is 24.3 Å². The molecular formula is C27H37N7O4S. The number of carbonyl (C=O) groups excluding carboxylic acids is 1. The fraction of sp³-hybridized carbons (Fsp3) is 0.593. The Bertz CT molecular complexity index is 1330. The van der Waals surface area contributed by atoms with Crippen LogP contribution in [0.2, 0.25) is 0 Å². The van der Waals surface area contributed by atoms with E-state index in [0.29, 0.717) is 24.1 Å². The van der Waals surface area contributed by atoms with Crippen molar-refractivity contribution >= 4 is 39.4 Å². The van der Waals surface area contributed by atoms with Crippen LogP contribution in [0.3, 0.4) is 0 Å². The monoisotopic (exact) mass is 555 g/mol. The minimum Gasteiger partial charge on any atom is -0.453 e. The fourth-order valence-electron chi connectivity index (χ4n) is 5.28. The number of aryl methyl sites for hydroxylation is 2. The maximum absolute atomic E-state index is 11.6. The topological polar surface area (TPSA) is 154 Å². The summed E-state index contributed by atoms with van der Waals surface area (Å²) in [4.78, 5) is 30.7. The van der Waals surface area contributed by atoms with E-state index in [2.05, 4.69) is 39.5 Å². The second-order valence-corrected chi connectivity index (χ2v) is 11.6. The molecule has 210 valence electrons. The Morgan fingerprint density at radius 3 is 2.74 bits per heavy atom. The van der Waals surface area contributed by atoms with Crippen molar-refractivity contribution in [1.29, 1.82) is 0 Å². The van der Waals surface area contributed by atoms with E-state index in [1.54, 1.807) is 11.3 Å². The number of ether oxygens (including phenoxy) is 1. The standard InChI is InChI=1S/C27H37N7O4S/c1-5-6-17-21-19(9-10-28-17)39-25(33-21)20-14(3)31-26(30-13(2)15-7-8-15)34-24(20)32-18-11-16(22(35)23(18)36)12-29-27(37)38-4/h9-10,13,15-16,18,22-23,35-36H,5-8,11-12H2,1-4H3,(H,29,37)(H2,30,31,32,34)/t13-,16-,18-,22-,23+/m1/s1. The van der Waals surface area contributed by atoms with Gasteiger partial charge in [0, 0.05) is 24.7 Å². The Morgan fingerprint density at radius 1 is 1.23 bits per heavy atom. The van der Waals surface area contributed by atoms with Gasteiger partial charge in [-0.05, 0) is 51.5 Å². The molecule has 0 radical (unpaired) electrons. The number of nitrogens with zero attached hydrogens (tertiary/aromatic N) is 4. The van der Waals surface area contributed by atoms with Crippen molar-refractivity contribution in [2.45, 2.75) is 77.2 Å². The van der Waals surface area contributed by atoms with Gasteiger partial charge in [-0.15, -0.1) is 11.3 Å². The zero-order chi connectivity index (χ0) is 27.7. The van der Waals surface area contributed by atoms with Gasteiger partial charge in [0.25, 0.3) is 0 Å². The van der Waals surface area contributed by atoms with Gasteiger partial charge in [0.1, 0.15) is 22.4 Å². The van der Waals surface area contributed by atoms with E-state index in [0.717, 1.165) is 45.0 Å². The summed E-state index contributed by atoms with van der Waals surface area (Å²) in [6.07, 6.45) is 3.84. The summed E-state index contributed by atoms with van der Waals surface area (Å²) in [6.45, 7) is 6.39. The molecule has 12 heteroatoms. The Hall–Kier alpha value is -3.09. The van der Waals surface area contributed by atoms with Crippen LogP contribution in [0.5, 0.6) is 0 Å². The molecule has 39 heavy (non-hydrogen) atoms. The molecule has 5 N–H and O–H groups in total. The van der Waals surface area contributed by atoms with Gasteiger partial charge in [0.05, 0.1) is 40.9 Å². The molecule has 0 bridgehead atoms. The first-order valence-corrected chi connectivity index (χ1v) is 14.4. The summed E-state index contributed by atoms with van der Waals surface area (Å²) in [6, 6.07) is 1.74. The number of hydrogen-bond donors (Lipinski definition) is 5. The first-order valence-electron chi connectivity index (χ1n) is 13.6. The third kappa shape index (κ3) is 5.92. The minimum absolute atomic E-state index is 0.190. The number of hydrogen-bond acceptors (Lipinski definition) is 11. The van der Waals surface area contributed by atoms with Crippen LogP contribution >= 0.6 is 11.3 Å². The van der Waals surface area contributed by atoms with Crippen molar-refractivity contribution in [3.63, 3.8) is 0 Å². The molecule has 0 spiro atoms. The van der Waals surface area contributed by atoms with Gasteiger partial charge in [-0.2, -0.15) is 4.98 Å². The third-order valence-corrected chi connectivity index (χ3v) is 8.72. The summed E-state index contributed by atoms with van der Waals surface area (Å²) in [5.41, 5.74) is 3.39. The smallest absolute Gasteiger partial charge is 0.406 e. The number of pyridine rings is 1. The molecule has 0 aliphatic heterocycles. The van der Waals surface area contributed by atoms with Crippen molar-refractivity contribution in [1.82, 2.24) is 25.3 Å². The summed E-state index contributed by atoms with van der Waals surface area (Å²) >= 11 is 1.56. The predicted octanol–water partition coefficient (Wildman–Crippen LogP) is 3.50. The second kappa shape index (κ2) is 11.6. The van der Waals surface area contributed by atoms with Crippen LogP contribution in [0, 0.1) is 18.8 Å². The number of aliphatic hydroxyl groups excluding tert-OH is 2. The molecule has 3 aromatic heterocycles. The van der Waals surface area contributed by atoms with Crippen molar-refractivity contribution < 1.29 is 19.7 Å². The molecule has 2 fully saturated rings. The van der Waals surface area contributed by atoms with Crippen molar-refractivity contribution in [3.8, 4) is 10.6 Å². The van der Waals surface area contributed by atoms with Crippen LogP contribution in [-0.2, 0) is 11.2 Å². The van der Waals surface area contributed by atoms with Crippen LogP contribution in [0.1, 0.15) is 50.9 Å². The maximum Gasteiger partial charge on any atom is 0.406 e. The molecule has 3 heterocycles. The molecule has 2 aliphatic rings. The normalized spacial score (nSPS) is 23.5. The lowest BCUT2D eigenvalue weighted by molar-refractivity contribution is 0.0176. The number of fused-ring (bicyclic) bond motifs is 1. The number of aliphatic hydroxyl groups is 2. The van der Waals surface area contributed by atoms with Crippen LogP contribution < -0.4 is 16.0 Å². The molecular weight excluding hydrogens is 518 g/mol. The minimum atomic E-state index is -1.05. The SMILES string of the molecule is CCCc1nccc2sc(-c3c(C)nc(N[C@H](C)C4CC4)nc3N[C@@H]3C[C@H](CNC(=O)OC)[C@@H](O)[C@H]3O)nc12. The van der Waals surface area contributed by atoms with Gasteiger partial charge >= 0.3 is 6.09 Å². The number of aromatic nitrogens is 4. The van der Waals surface area contributed by atoms with E-state index in [4.69, 9.17) is 15.0 Å². The van der Waals surface area contributed by atoms with E-state index in [1.807, 2.05) is 19.2 Å². The van der Waals surface area contributed by atoms with Gasteiger partial charge in [0.2, 0.25) is 5.95 Å². The first-order chi connectivity index (χ1) is 18.8. The van der Waals surface area contributed by atoms with E-state index in [-0.39, 0.29) is 18.5 Å². The van der Waals surface area contributed by atoms with Gasteiger partial charge in [0.15, 0.2) is 0 Å². The van der Waals surface area contributed by atoms with Crippen LogP contribution in [0.4, 0.5) is 16.6 Å². The highest BCUT2D eigenvalue weighted by Crippen LogP contribution is 2.39. The molecule has 2 saturated carbocycles. The van der Waals surface area contributed by atoms with Gasteiger partial charge < -0.3 is 30.9 Å². The van der Waals surface area contributed by atoms with Crippen LogP contribution in [-0.4, -0.2) is 74.2 Å². The number of anilines is 2. The molecule has 0 unspecified atom stereocenters. The molecule has 3 aromatic rings. The number of methoxy groups -OCH3 is 1. The summed E-state index contributed by atoms with van der Waals surface area (Å²) < 4.78 is 5.69. The number of carbonyl (C=O) groups is 1. The van der Waals surface area contributed by atoms with E-state index in [1.165, 1.54) is 20.0 Å². The van der Waals surface area contributed by atoms with Gasteiger partial charge in [-0.25, -0.2) is 14.8 Å². The Balaban J connectivity index is 1.49. The summed E-state index contributed by atoms with van der Waals surface area (Å²) in [5, 5.41) is 31.9. The number of alkyl carbamates (subject to hydrolysis) is 1. The second-order valence-electron chi connectivity index (χ2n) is 10.6. The summed E-state index contributed by atoms with van der Waals surface area (Å²) in [7, 11) is 1.29. The maximum atomic E-state index is 11.6. The average molecular weight is 556 g/mol. The molecule has 5 rings (SSSR count). The molecule has 0 aromatic carbocycles. The molecule has 1 amide bonds. The van der Waals surface area contributed by atoms with Crippen LogP contribution in [0.15, 0.2) is 12.3 Å². The molecule has 2 aliphatic carbocycles. The average Bonchev–Trinajstić information content (AvgIpc) is 3.63. The van der Waals surface area contributed by atoms with Crippen molar-refractivity contribution in [3.05, 3.63) is 23.7 Å². The van der Waals surface area contributed by atoms with Gasteiger partial charge in [-0.1, -0.05) is 13.3 Å². The fourth-order valence-corrected chi connectivity index (χ4v) is 6.36. The highest BCUT2D eigenvalue weighted by Gasteiger charge is 2.42. The number of amides is 1. The Labute approximate surface area is 231 Å². The van der Waals surface area contributed by atoms with Crippen molar-refractivity contribution in [2.24, 2.45) is 11.8 Å². The zero-order valence-corrected chi connectivity index (χ0v) is 23.6. The Morgan fingerprint density at radius 2 is 2.03 bits per heavy atom. The first kappa shape index (κ1) is 27.5. The van der Waals surface area contributed by atoms with E-state index in [9.17, 15) is 15.0 Å². The van der Waals surface area contributed by atoms with E-state index >= 15 is 0 Å². The van der Waals surface area contributed by atoms with Crippen LogP contribution in [0.25, 0.3) is 20.8 Å².